The standard InChI is InChI=1S/C19H30N2O.C16H15FO.C9H20.C4H10/c1-6-12-21(13-7-2)14-11-20-19(22)18-10-9-15(4)17(8-3)16(18)5;1-11(2)16(18)14-5-3-12(4-6-14)13-7-9-15(17)10-8-13;1-4-7-9(6-3)8-5-2;1-4(2)3/h8-10H,4,6-7,11-14H2,1-3,5H3,(H,20,22);3-11H,1-2H3;9H,4-8H2,1-3H3;4H,1-3H3/b17-8+;;;. The van der Waals surface area contributed by atoms with Crippen LogP contribution in [0.15, 0.2) is 60.7 Å². The summed E-state index contributed by atoms with van der Waals surface area (Å²) in [5.41, 5.74) is 4.40. The lowest BCUT2D eigenvalue weighted by molar-refractivity contribution is 0.0934. The van der Waals surface area contributed by atoms with Crippen LogP contribution < -0.4 is 15.8 Å². The van der Waals surface area contributed by atoms with E-state index in [2.05, 4.69) is 72.2 Å². The van der Waals surface area contributed by atoms with Gasteiger partial charge in [0.25, 0.3) is 5.91 Å². The number of hydrogen-bond acceptors (Lipinski definition) is 3. The second-order valence-corrected chi connectivity index (χ2v) is 14.9. The monoisotopic (exact) mass is 731 g/mol. The molecule has 1 N–H and O–H groups in total. The predicted octanol–water partition coefficient (Wildman–Crippen LogP) is 11.7. The lowest BCUT2D eigenvalue weighted by atomic mass is 9.96. The van der Waals surface area contributed by atoms with Crippen molar-refractivity contribution < 1.29 is 14.0 Å². The van der Waals surface area contributed by atoms with Crippen LogP contribution >= 0.6 is 0 Å². The van der Waals surface area contributed by atoms with Crippen molar-refractivity contribution in [1.29, 1.82) is 0 Å². The second kappa shape index (κ2) is 28.9. The van der Waals surface area contributed by atoms with Crippen LogP contribution in [-0.4, -0.2) is 42.8 Å². The van der Waals surface area contributed by atoms with E-state index in [9.17, 15) is 14.0 Å². The van der Waals surface area contributed by atoms with E-state index in [4.69, 9.17) is 0 Å². The summed E-state index contributed by atoms with van der Waals surface area (Å²) < 4.78 is 12.8. The molecule has 5 heteroatoms. The Kier molecular flexibility index (Phi) is 26.9. The molecule has 0 saturated heterocycles. The van der Waals surface area contributed by atoms with Gasteiger partial charge in [0.15, 0.2) is 5.78 Å². The number of nitrogens with one attached hydrogen (secondary N) is 1. The van der Waals surface area contributed by atoms with Gasteiger partial charge in [-0.2, -0.15) is 0 Å². The molecule has 0 aliphatic rings. The molecule has 4 nitrogen and oxygen atoms in total. The van der Waals surface area contributed by atoms with Gasteiger partial charge in [0.05, 0.1) is 0 Å². The summed E-state index contributed by atoms with van der Waals surface area (Å²) in [6, 6.07) is 17.5. The van der Waals surface area contributed by atoms with Crippen LogP contribution in [0.2, 0.25) is 0 Å². The summed E-state index contributed by atoms with van der Waals surface area (Å²) in [6.45, 7) is 33.3. The van der Waals surface area contributed by atoms with Crippen LogP contribution in [0.5, 0.6) is 0 Å². The van der Waals surface area contributed by atoms with E-state index in [1.165, 1.54) is 44.2 Å². The number of hydrogen-bond donors (Lipinski definition) is 1. The van der Waals surface area contributed by atoms with Crippen molar-refractivity contribution in [3.8, 4) is 11.1 Å². The number of benzene rings is 3. The molecule has 0 radical (unpaired) electrons. The summed E-state index contributed by atoms with van der Waals surface area (Å²) in [5, 5.41) is 5.07. The first kappa shape index (κ1) is 49.4. The number of halogens is 1. The van der Waals surface area contributed by atoms with E-state index in [0.29, 0.717) is 6.54 Å². The molecular weight excluding hydrogens is 656 g/mol. The molecule has 3 rings (SSSR count). The number of carbonyl (C=O) groups is 2. The van der Waals surface area contributed by atoms with Gasteiger partial charge >= 0.3 is 0 Å². The lowest BCUT2D eigenvalue weighted by Gasteiger charge is -2.21. The van der Waals surface area contributed by atoms with Crippen molar-refractivity contribution in [2.75, 3.05) is 26.2 Å². The Balaban J connectivity index is 0.000000778. The minimum Gasteiger partial charge on any atom is -0.351 e. The van der Waals surface area contributed by atoms with Crippen LogP contribution in [0.25, 0.3) is 23.8 Å². The van der Waals surface area contributed by atoms with Crippen LogP contribution in [-0.2, 0) is 0 Å². The summed E-state index contributed by atoms with van der Waals surface area (Å²) >= 11 is 0. The van der Waals surface area contributed by atoms with Gasteiger partial charge < -0.3 is 10.2 Å². The molecule has 3 aromatic carbocycles. The van der Waals surface area contributed by atoms with Crippen molar-refractivity contribution in [1.82, 2.24) is 10.2 Å². The number of rotatable bonds is 16. The number of ketones is 1. The van der Waals surface area contributed by atoms with Gasteiger partial charge in [-0.05, 0) is 96.9 Å². The highest BCUT2D eigenvalue weighted by atomic mass is 19.1. The van der Waals surface area contributed by atoms with E-state index in [-0.39, 0.29) is 23.4 Å². The molecule has 0 spiro atoms. The van der Waals surface area contributed by atoms with Crippen LogP contribution in [0.3, 0.4) is 0 Å². The molecule has 0 atom stereocenters. The highest BCUT2D eigenvalue weighted by Crippen LogP contribution is 2.21. The quantitative estimate of drug-likeness (QED) is 0.149. The fourth-order valence-electron chi connectivity index (χ4n) is 5.99. The van der Waals surface area contributed by atoms with Crippen molar-refractivity contribution in [2.24, 2.45) is 17.8 Å². The largest absolute Gasteiger partial charge is 0.351 e. The van der Waals surface area contributed by atoms with E-state index in [1.807, 2.05) is 70.2 Å². The maximum absolute atomic E-state index is 12.8. The highest BCUT2D eigenvalue weighted by Gasteiger charge is 2.11. The fourth-order valence-corrected chi connectivity index (χ4v) is 5.99. The molecule has 3 aromatic rings. The van der Waals surface area contributed by atoms with Crippen molar-refractivity contribution >= 4 is 24.3 Å². The normalized spacial score (nSPS) is 11.1. The predicted molar refractivity (Wildman–Crippen MR) is 231 cm³/mol. The Labute approximate surface area is 324 Å². The van der Waals surface area contributed by atoms with Gasteiger partial charge in [-0.1, -0.05) is 156 Å². The average Bonchev–Trinajstić information content (AvgIpc) is 3.12. The van der Waals surface area contributed by atoms with Crippen molar-refractivity contribution in [3.05, 3.63) is 93.6 Å². The summed E-state index contributed by atoms with van der Waals surface area (Å²) in [7, 11) is 0. The number of amides is 1. The minimum atomic E-state index is -0.245. The summed E-state index contributed by atoms with van der Waals surface area (Å²) in [6.07, 6.45) is 11.3. The Morgan fingerprint density at radius 1 is 0.755 bits per heavy atom. The second-order valence-electron chi connectivity index (χ2n) is 14.9. The maximum atomic E-state index is 12.8. The van der Waals surface area contributed by atoms with E-state index >= 15 is 0 Å². The lowest BCUT2D eigenvalue weighted by Crippen LogP contribution is -2.37. The molecule has 1 amide bonds. The first-order valence-electron chi connectivity index (χ1n) is 20.4. The van der Waals surface area contributed by atoms with Gasteiger partial charge in [-0.25, -0.2) is 4.39 Å². The molecule has 0 aromatic heterocycles. The fraction of sp³-hybridized carbons (Fsp3) is 0.542. The Morgan fingerprint density at radius 2 is 1.25 bits per heavy atom. The minimum absolute atomic E-state index is 0.00155. The third-order valence-corrected chi connectivity index (χ3v) is 8.77. The molecule has 0 heterocycles. The zero-order valence-electron chi connectivity index (χ0n) is 35.7. The summed E-state index contributed by atoms with van der Waals surface area (Å²) in [4.78, 5) is 26.6. The molecule has 296 valence electrons. The first-order valence-corrected chi connectivity index (χ1v) is 20.4. The molecule has 0 unspecified atom stereocenters. The van der Waals surface area contributed by atoms with Gasteiger partial charge in [0.2, 0.25) is 0 Å². The highest BCUT2D eigenvalue weighted by molar-refractivity contribution is 5.97. The van der Waals surface area contributed by atoms with Gasteiger partial charge in [0.1, 0.15) is 5.82 Å². The Bertz CT molecular complexity index is 1510. The van der Waals surface area contributed by atoms with Crippen molar-refractivity contribution in [2.45, 2.75) is 128 Å². The third-order valence-electron chi connectivity index (χ3n) is 8.77. The Hall–Kier alpha value is -3.57. The van der Waals surface area contributed by atoms with E-state index in [0.717, 1.165) is 82.6 Å². The van der Waals surface area contributed by atoms with Crippen molar-refractivity contribution in [3.63, 3.8) is 0 Å². The summed E-state index contributed by atoms with van der Waals surface area (Å²) in [5.74, 6) is 1.75. The number of carbonyl (C=O) groups excluding carboxylic acids is 2. The molecular formula is C48H75FN2O2. The van der Waals surface area contributed by atoms with Gasteiger partial charge in [0, 0.05) is 30.1 Å². The Morgan fingerprint density at radius 3 is 1.66 bits per heavy atom. The van der Waals surface area contributed by atoms with Gasteiger partial charge in [-0.15, -0.1) is 0 Å². The first-order chi connectivity index (χ1) is 25.2. The topological polar surface area (TPSA) is 49.4 Å². The molecule has 53 heavy (non-hydrogen) atoms. The van der Waals surface area contributed by atoms with E-state index < -0.39 is 0 Å². The zero-order valence-corrected chi connectivity index (χ0v) is 35.7. The number of nitrogens with zero attached hydrogens (tertiary/aromatic N) is 1. The number of Topliss-reactive ketones (excluding diaryl/α,β-unsaturated/α-hetero) is 1. The average molecular weight is 731 g/mol. The molecule has 0 bridgehead atoms. The molecule has 0 saturated carbocycles. The van der Waals surface area contributed by atoms with E-state index in [1.54, 1.807) is 12.1 Å². The smallest absolute Gasteiger partial charge is 0.251 e. The molecule has 0 aliphatic carbocycles. The SMILES string of the molecule is C=c1ccc(C(=O)NCCN(CCC)CCC)c(C)/c1=C/C.CC(C)C.CC(C)C(=O)c1ccc(-c2ccc(F)cc2)cc1.CCCC(CC)CCC. The zero-order chi connectivity index (χ0) is 40.3. The molecule has 0 fully saturated rings. The molecule has 0 aliphatic heterocycles. The van der Waals surface area contributed by atoms with Gasteiger partial charge in [-0.3, -0.25) is 9.59 Å². The van der Waals surface area contributed by atoms with Crippen LogP contribution in [0.4, 0.5) is 4.39 Å². The third kappa shape index (κ3) is 20.5. The van der Waals surface area contributed by atoms with Crippen LogP contribution in [0.1, 0.15) is 147 Å². The maximum Gasteiger partial charge on any atom is 0.251 e. The van der Waals surface area contributed by atoms with Crippen LogP contribution in [0, 0.1) is 30.5 Å².